The summed E-state index contributed by atoms with van der Waals surface area (Å²) in [5.74, 6) is 0.917. The Morgan fingerprint density at radius 1 is 1.07 bits per heavy atom. The van der Waals surface area contributed by atoms with E-state index in [1.807, 2.05) is 36.4 Å². The van der Waals surface area contributed by atoms with Crippen LogP contribution >= 0.6 is 0 Å². The van der Waals surface area contributed by atoms with Crippen molar-refractivity contribution in [2.45, 2.75) is 6.42 Å². The molecule has 6 heteroatoms. The van der Waals surface area contributed by atoms with Crippen molar-refractivity contribution >= 4 is 12.0 Å². The minimum atomic E-state index is -0.429. The molecule has 0 heterocycles. The molecule has 0 radical (unpaired) electrons. The van der Waals surface area contributed by atoms with Crippen molar-refractivity contribution < 1.29 is 19.0 Å². The van der Waals surface area contributed by atoms with Crippen LogP contribution in [0.25, 0.3) is 6.08 Å². The summed E-state index contributed by atoms with van der Waals surface area (Å²) in [5, 5.41) is 12.1. The Morgan fingerprint density at radius 2 is 1.70 bits per heavy atom. The van der Waals surface area contributed by atoms with E-state index < -0.39 is 5.91 Å². The molecule has 2 aromatic rings. The van der Waals surface area contributed by atoms with E-state index >= 15 is 0 Å². The van der Waals surface area contributed by atoms with E-state index in [1.54, 1.807) is 12.1 Å². The number of nitrogens with one attached hydrogen (secondary N) is 1. The summed E-state index contributed by atoms with van der Waals surface area (Å²) in [6.45, 7) is 0.442. The van der Waals surface area contributed by atoms with Crippen LogP contribution in [0.3, 0.4) is 0 Å². The fourth-order valence-corrected chi connectivity index (χ4v) is 2.56. The summed E-state index contributed by atoms with van der Waals surface area (Å²) < 4.78 is 15.9. The number of ether oxygens (including phenoxy) is 3. The molecule has 6 nitrogen and oxygen atoms in total. The van der Waals surface area contributed by atoms with Gasteiger partial charge in [-0.2, -0.15) is 5.26 Å². The molecule has 1 N–H and O–H groups in total. The lowest BCUT2D eigenvalue weighted by Crippen LogP contribution is -2.26. The lowest BCUT2D eigenvalue weighted by atomic mass is 10.1. The quantitative estimate of drug-likeness (QED) is 0.574. The topological polar surface area (TPSA) is 80.6 Å². The summed E-state index contributed by atoms with van der Waals surface area (Å²) in [4.78, 5) is 12.3. The van der Waals surface area contributed by atoms with E-state index in [-0.39, 0.29) is 5.57 Å². The molecule has 0 aromatic heterocycles. The minimum Gasteiger partial charge on any atom is -0.493 e. The van der Waals surface area contributed by atoms with Gasteiger partial charge < -0.3 is 19.5 Å². The van der Waals surface area contributed by atoms with Crippen molar-refractivity contribution in [2.24, 2.45) is 0 Å². The SMILES string of the molecule is COc1cc(/C=C(\C#N)C(=O)NCCc2ccccc2)cc(OC)c1OC. The van der Waals surface area contributed by atoms with Gasteiger partial charge in [0.25, 0.3) is 5.91 Å². The van der Waals surface area contributed by atoms with Crippen molar-refractivity contribution in [3.8, 4) is 23.3 Å². The second kappa shape index (κ2) is 9.88. The van der Waals surface area contributed by atoms with E-state index in [4.69, 9.17) is 14.2 Å². The van der Waals surface area contributed by atoms with Gasteiger partial charge >= 0.3 is 0 Å². The molecule has 27 heavy (non-hydrogen) atoms. The summed E-state index contributed by atoms with van der Waals surface area (Å²) in [7, 11) is 4.52. The molecule has 0 aliphatic heterocycles. The first-order valence-electron chi connectivity index (χ1n) is 8.36. The fourth-order valence-electron chi connectivity index (χ4n) is 2.56. The molecule has 0 spiro atoms. The van der Waals surface area contributed by atoms with Crippen LogP contribution in [0.1, 0.15) is 11.1 Å². The maximum atomic E-state index is 12.3. The molecule has 0 fully saturated rings. The number of nitrogens with zero attached hydrogens (tertiary/aromatic N) is 1. The molecule has 140 valence electrons. The smallest absolute Gasteiger partial charge is 0.261 e. The summed E-state index contributed by atoms with van der Waals surface area (Å²) >= 11 is 0. The third kappa shape index (κ3) is 5.25. The largest absolute Gasteiger partial charge is 0.493 e. The minimum absolute atomic E-state index is 0.00247. The average molecular weight is 366 g/mol. The molecule has 2 rings (SSSR count). The predicted molar refractivity (Wildman–Crippen MR) is 103 cm³/mol. The van der Waals surface area contributed by atoms with Gasteiger partial charge in [-0.15, -0.1) is 0 Å². The Bertz CT molecular complexity index is 829. The monoisotopic (exact) mass is 366 g/mol. The number of benzene rings is 2. The van der Waals surface area contributed by atoms with Crippen LogP contribution in [0.15, 0.2) is 48.0 Å². The van der Waals surface area contributed by atoms with Crippen LogP contribution in [-0.2, 0) is 11.2 Å². The maximum absolute atomic E-state index is 12.3. The van der Waals surface area contributed by atoms with Crippen molar-refractivity contribution in [1.29, 1.82) is 5.26 Å². The summed E-state index contributed by atoms with van der Waals surface area (Å²) in [6.07, 6.45) is 2.18. The fraction of sp³-hybridized carbons (Fsp3) is 0.238. The number of rotatable bonds is 8. The number of nitriles is 1. The zero-order chi connectivity index (χ0) is 19.6. The number of amides is 1. The highest BCUT2D eigenvalue weighted by Gasteiger charge is 2.14. The van der Waals surface area contributed by atoms with E-state index in [0.29, 0.717) is 35.8 Å². The van der Waals surface area contributed by atoms with E-state index in [0.717, 1.165) is 5.56 Å². The Balaban J connectivity index is 2.15. The lowest BCUT2D eigenvalue weighted by Gasteiger charge is -2.13. The number of hydrogen-bond donors (Lipinski definition) is 1. The van der Waals surface area contributed by atoms with Crippen LogP contribution in [0.2, 0.25) is 0 Å². The highest BCUT2D eigenvalue weighted by atomic mass is 16.5. The van der Waals surface area contributed by atoms with Gasteiger partial charge in [-0.25, -0.2) is 0 Å². The Morgan fingerprint density at radius 3 is 2.22 bits per heavy atom. The van der Waals surface area contributed by atoms with Crippen LogP contribution in [0.4, 0.5) is 0 Å². The van der Waals surface area contributed by atoms with Crippen molar-refractivity contribution in [3.63, 3.8) is 0 Å². The van der Waals surface area contributed by atoms with Gasteiger partial charge in [0.15, 0.2) is 11.5 Å². The Kier molecular flexibility index (Phi) is 7.26. The van der Waals surface area contributed by atoms with Crippen LogP contribution in [0.5, 0.6) is 17.2 Å². The third-order valence-corrected chi connectivity index (χ3v) is 3.91. The standard InChI is InChI=1S/C21H22N2O4/c1-25-18-12-16(13-19(26-2)20(18)27-3)11-17(14-22)21(24)23-10-9-15-7-5-4-6-8-15/h4-8,11-13H,9-10H2,1-3H3,(H,23,24)/b17-11+. The van der Waals surface area contributed by atoms with Gasteiger partial charge in [0.05, 0.1) is 21.3 Å². The van der Waals surface area contributed by atoms with Crippen molar-refractivity contribution in [2.75, 3.05) is 27.9 Å². The Labute approximate surface area is 159 Å². The highest BCUT2D eigenvalue weighted by Crippen LogP contribution is 2.38. The zero-order valence-corrected chi connectivity index (χ0v) is 15.6. The molecule has 0 bridgehead atoms. The maximum Gasteiger partial charge on any atom is 0.261 e. The van der Waals surface area contributed by atoms with Gasteiger partial charge in [-0.3, -0.25) is 4.79 Å². The lowest BCUT2D eigenvalue weighted by molar-refractivity contribution is -0.117. The molecule has 0 unspecified atom stereocenters. The van der Waals surface area contributed by atoms with Gasteiger partial charge in [0.1, 0.15) is 11.6 Å². The van der Waals surface area contributed by atoms with Crippen molar-refractivity contribution in [1.82, 2.24) is 5.32 Å². The summed E-state index contributed by atoms with van der Waals surface area (Å²) in [5.41, 5.74) is 1.71. The normalized spacial score (nSPS) is 10.7. The molecule has 2 aromatic carbocycles. The van der Waals surface area contributed by atoms with Gasteiger partial charge in [0, 0.05) is 6.54 Å². The molecule has 0 saturated carbocycles. The van der Waals surface area contributed by atoms with E-state index in [1.165, 1.54) is 27.4 Å². The first-order valence-corrected chi connectivity index (χ1v) is 8.36. The van der Waals surface area contributed by atoms with Gasteiger partial charge in [-0.1, -0.05) is 30.3 Å². The number of carbonyl (C=O) groups is 1. The zero-order valence-electron chi connectivity index (χ0n) is 15.6. The van der Waals surface area contributed by atoms with E-state index in [2.05, 4.69) is 5.32 Å². The average Bonchev–Trinajstić information content (AvgIpc) is 2.71. The number of methoxy groups -OCH3 is 3. The molecular formula is C21H22N2O4. The van der Waals surface area contributed by atoms with Crippen molar-refractivity contribution in [3.05, 3.63) is 59.2 Å². The number of carbonyl (C=O) groups excluding carboxylic acids is 1. The molecule has 0 aliphatic carbocycles. The predicted octanol–water partition coefficient (Wildman–Crippen LogP) is 2.98. The van der Waals surface area contributed by atoms with Crippen LogP contribution in [-0.4, -0.2) is 33.8 Å². The van der Waals surface area contributed by atoms with Gasteiger partial charge in [-0.05, 0) is 35.8 Å². The first-order chi connectivity index (χ1) is 13.1. The second-order valence-electron chi connectivity index (χ2n) is 5.62. The van der Waals surface area contributed by atoms with E-state index in [9.17, 15) is 10.1 Å². The number of hydrogen-bond acceptors (Lipinski definition) is 5. The van der Waals surface area contributed by atoms with Crippen LogP contribution in [0, 0.1) is 11.3 Å². The molecule has 0 atom stereocenters. The Hall–Kier alpha value is -3.46. The second-order valence-corrected chi connectivity index (χ2v) is 5.62. The summed E-state index contributed by atoms with van der Waals surface area (Å²) in [6, 6.07) is 15.1. The molecule has 0 aliphatic rings. The molecular weight excluding hydrogens is 344 g/mol. The van der Waals surface area contributed by atoms with Gasteiger partial charge in [0.2, 0.25) is 5.75 Å². The third-order valence-electron chi connectivity index (χ3n) is 3.91. The molecule has 1 amide bonds. The first kappa shape index (κ1) is 19.9. The highest BCUT2D eigenvalue weighted by molar-refractivity contribution is 6.01. The van der Waals surface area contributed by atoms with Crippen LogP contribution < -0.4 is 19.5 Å². The molecule has 0 saturated heterocycles.